The van der Waals surface area contributed by atoms with Gasteiger partial charge in [-0.25, -0.2) is 0 Å². The van der Waals surface area contributed by atoms with Gasteiger partial charge in [0.25, 0.3) is 5.91 Å². The van der Waals surface area contributed by atoms with Crippen molar-refractivity contribution in [3.05, 3.63) is 59.2 Å². The maximum atomic E-state index is 12.8. The molecule has 4 heteroatoms. The van der Waals surface area contributed by atoms with Gasteiger partial charge in [0.2, 0.25) is 0 Å². The smallest absolute Gasteiger partial charge is 0.261 e. The van der Waals surface area contributed by atoms with Crippen LogP contribution in [0.5, 0.6) is 11.5 Å². The Morgan fingerprint density at radius 1 is 0.962 bits per heavy atom. The summed E-state index contributed by atoms with van der Waals surface area (Å²) in [5, 5.41) is 3.12. The van der Waals surface area contributed by atoms with Gasteiger partial charge in [0.1, 0.15) is 11.5 Å². The highest BCUT2D eigenvalue weighted by Crippen LogP contribution is 2.22. The lowest BCUT2D eigenvalue weighted by atomic mass is 10.0. The van der Waals surface area contributed by atoms with Gasteiger partial charge in [0.05, 0.1) is 13.2 Å². The van der Waals surface area contributed by atoms with E-state index in [1.165, 1.54) is 0 Å². The fraction of sp³-hybridized carbons (Fsp3) is 0.409. The van der Waals surface area contributed by atoms with E-state index in [1.807, 2.05) is 57.2 Å². The minimum atomic E-state index is -0.511. The first-order valence-electron chi connectivity index (χ1n) is 9.16. The molecule has 0 heterocycles. The number of carbonyl (C=O) groups excluding carboxylic acids is 1. The molecule has 0 saturated heterocycles. The molecule has 0 fully saturated rings. The molecule has 0 aliphatic rings. The summed E-state index contributed by atoms with van der Waals surface area (Å²) < 4.78 is 11.2. The molecule has 0 radical (unpaired) electrons. The third-order valence-electron chi connectivity index (χ3n) is 4.38. The lowest BCUT2D eigenvalue weighted by molar-refractivity contribution is -0.128. The summed E-state index contributed by atoms with van der Waals surface area (Å²) in [5.74, 6) is 1.45. The zero-order valence-corrected chi connectivity index (χ0v) is 16.3. The number of rotatable bonds is 8. The normalized spacial score (nSPS) is 13.0. The molecule has 0 aliphatic heterocycles. The fourth-order valence-corrected chi connectivity index (χ4v) is 3.01. The van der Waals surface area contributed by atoms with Gasteiger partial charge in [0, 0.05) is 0 Å². The molecule has 4 nitrogen and oxygen atoms in total. The van der Waals surface area contributed by atoms with Crippen molar-refractivity contribution in [1.29, 1.82) is 0 Å². The number of amides is 1. The van der Waals surface area contributed by atoms with Crippen molar-refractivity contribution in [2.24, 2.45) is 0 Å². The second kappa shape index (κ2) is 9.27. The van der Waals surface area contributed by atoms with Crippen LogP contribution in [0.25, 0.3) is 0 Å². The van der Waals surface area contributed by atoms with E-state index in [0.717, 1.165) is 34.6 Å². The summed E-state index contributed by atoms with van der Waals surface area (Å²) in [6, 6.07) is 13.8. The summed E-state index contributed by atoms with van der Waals surface area (Å²) in [6.45, 7) is 8.07. The first-order valence-corrected chi connectivity index (χ1v) is 9.16. The van der Waals surface area contributed by atoms with Crippen LogP contribution in [0, 0.1) is 13.8 Å². The first kappa shape index (κ1) is 19.8. The molecule has 140 valence electrons. The lowest BCUT2D eigenvalue weighted by Crippen LogP contribution is -2.40. The van der Waals surface area contributed by atoms with Crippen LogP contribution in [0.1, 0.15) is 49.4 Å². The van der Waals surface area contributed by atoms with E-state index in [2.05, 4.69) is 18.3 Å². The minimum absolute atomic E-state index is 0.0506. The van der Waals surface area contributed by atoms with E-state index in [1.54, 1.807) is 7.11 Å². The SMILES string of the molecule is CC[C@H](Oc1cc(C)cc(C)c1)C(=O)N[C@H](CC)c1ccc(OC)cc1. The van der Waals surface area contributed by atoms with Crippen molar-refractivity contribution < 1.29 is 14.3 Å². The third kappa shape index (κ3) is 5.25. The van der Waals surface area contributed by atoms with Crippen LogP contribution in [0.2, 0.25) is 0 Å². The Kier molecular flexibility index (Phi) is 7.07. The molecule has 0 unspecified atom stereocenters. The van der Waals surface area contributed by atoms with Gasteiger partial charge in [-0.1, -0.05) is 32.0 Å². The lowest BCUT2D eigenvalue weighted by Gasteiger charge is -2.23. The van der Waals surface area contributed by atoms with E-state index >= 15 is 0 Å². The average molecular weight is 355 g/mol. The monoisotopic (exact) mass is 355 g/mol. The van der Waals surface area contributed by atoms with E-state index in [-0.39, 0.29) is 11.9 Å². The number of methoxy groups -OCH3 is 1. The molecule has 0 aliphatic carbocycles. The first-order chi connectivity index (χ1) is 12.5. The average Bonchev–Trinajstić information content (AvgIpc) is 2.63. The van der Waals surface area contributed by atoms with Crippen LogP contribution >= 0.6 is 0 Å². The fourth-order valence-electron chi connectivity index (χ4n) is 3.01. The molecule has 0 saturated carbocycles. The molecule has 0 bridgehead atoms. The van der Waals surface area contributed by atoms with Crippen molar-refractivity contribution in [3.63, 3.8) is 0 Å². The number of carbonyl (C=O) groups is 1. The van der Waals surface area contributed by atoms with Crippen LogP contribution in [-0.2, 0) is 4.79 Å². The van der Waals surface area contributed by atoms with Crippen molar-refractivity contribution in [3.8, 4) is 11.5 Å². The molecule has 2 aromatic rings. The topological polar surface area (TPSA) is 47.6 Å². The Morgan fingerprint density at radius 2 is 1.58 bits per heavy atom. The molecule has 1 amide bonds. The van der Waals surface area contributed by atoms with Crippen LogP contribution in [-0.4, -0.2) is 19.1 Å². The number of ether oxygens (including phenoxy) is 2. The van der Waals surface area contributed by atoms with E-state index < -0.39 is 6.10 Å². The highest BCUT2D eigenvalue weighted by molar-refractivity contribution is 5.81. The molecule has 2 atom stereocenters. The molecule has 2 rings (SSSR count). The largest absolute Gasteiger partial charge is 0.497 e. The molecule has 26 heavy (non-hydrogen) atoms. The Hall–Kier alpha value is -2.49. The van der Waals surface area contributed by atoms with Gasteiger partial charge in [-0.15, -0.1) is 0 Å². The van der Waals surface area contributed by atoms with E-state index in [4.69, 9.17) is 9.47 Å². The number of hydrogen-bond acceptors (Lipinski definition) is 3. The molecule has 0 aromatic heterocycles. The maximum Gasteiger partial charge on any atom is 0.261 e. The van der Waals surface area contributed by atoms with E-state index in [9.17, 15) is 4.79 Å². The summed E-state index contributed by atoms with van der Waals surface area (Å²) in [5.41, 5.74) is 3.31. The van der Waals surface area contributed by atoms with E-state index in [0.29, 0.717) is 6.42 Å². The number of aryl methyl sites for hydroxylation is 2. The second-order valence-corrected chi connectivity index (χ2v) is 6.58. The molecular formula is C22H29NO3. The molecule has 2 aromatic carbocycles. The zero-order chi connectivity index (χ0) is 19.1. The van der Waals surface area contributed by atoms with Crippen LogP contribution in [0.4, 0.5) is 0 Å². The summed E-state index contributed by atoms with van der Waals surface area (Å²) in [4.78, 5) is 12.8. The molecule has 0 spiro atoms. The predicted molar refractivity (Wildman–Crippen MR) is 105 cm³/mol. The standard InChI is InChI=1S/C22H29NO3/c1-6-20(17-8-10-18(25-5)11-9-17)23-22(24)21(7-2)26-19-13-15(3)12-16(4)14-19/h8-14,20-21H,6-7H2,1-5H3,(H,23,24)/t20-,21+/m1/s1. The maximum absolute atomic E-state index is 12.8. The Balaban J connectivity index is 2.08. The summed E-state index contributed by atoms with van der Waals surface area (Å²) >= 11 is 0. The predicted octanol–water partition coefficient (Wildman–Crippen LogP) is 4.74. The molecule has 1 N–H and O–H groups in total. The van der Waals surface area contributed by atoms with Crippen LogP contribution in [0.15, 0.2) is 42.5 Å². The van der Waals surface area contributed by atoms with Gasteiger partial charge >= 0.3 is 0 Å². The van der Waals surface area contributed by atoms with Gasteiger partial charge in [-0.05, 0) is 67.6 Å². The Labute approximate surface area is 156 Å². The molecular weight excluding hydrogens is 326 g/mol. The summed E-state index contributed by atoms with van der Waals surface area (Å²) in [6.07, 6.45) is 0.902. The number of nitrogens with one attached hydrogen (secondary N) is 1. The zero-order valence-electron chi connectivity index (χ0n) is 16.3. The third-order valence-corrected chi connectivity index (χ3v) is 4.38. The van der Waals surface area contributed by atoms with Crippen LogP contribution in [0.3, 0.4) is 0 Å². The quantitative estimate of drug-likeness (QED) is 0.744. The number of benzene rings is 2. The number of hydrogen-bond donors (Lipinski definition) is 1. The van der Waals surface area contributed by atoms with Crippen molar-refractivity contribution in [1.82, 2.24) is 5.32 Å². The van der Waals surface area contributed by atoms with Gasteiger partial charge < -0.3 is 14.8 Å². The Morgan fingerprint density at radius 3 is 2.08 bits per heavy atom. The van der Waals surface area contributed by atoms with Gasteiger partial charge in [-0.2, -0.15) is 0 Å². The van der Waals surface area contributed by atoms with Gasteiger partial charge in [-0.3, -0.25) is 4.79 Å². The van der Waals surface area contributed by atoms with Gasteiger partial charge in [0.15, 0.2) is 6.10 Å². The highest BCUT2D eigenvalue weighted by atomic mass is 16.5. The minimum Gasteiger partial charge on any atom is -0.497 e. The van der Waals surface area contributed by atoms with Crippen molar-refractivity contribution >= 4 is 5.91 Å². The Bertz CT molecular complexity index is 704. The second-order valence-electron chi connectivity index (χ2n) is 6.58. The van der Waals surface area contributed by atoms with Crippen LogP contribution < -0.4 is 14.8 Å². The highest BCUT2D eigenvalue weighted by Gasteiger charge is 2.22. The van der Waals surface area contributed by atoms with Crippen molar-refractivity contribution in [2.45, 2.75) is 52.7 Å². The van der Waals surface area contributed by atoms with Crippen molar-refractivity contribution in [2.75, 3.05) is 7.11 Å². The summed E-state index contributed by atoms with van der Waals surface area (Å²) in [7, 11) is 1.64.